The molecule has 2 aromatic rings. The molecule has 0 saturated heterocycles. The van der Waals surface area contributed by atoms with Crippen molar-refractivity contribution in [1.29, 1.82) is 0 Å². The number of anilines is 1. The fourth-order valence-corrected chi connectivity index (χ4v) is 2.52. The zero-order valence-electron chi connectivity index (χ0n) is 10.1. The topological polar surface area (TPSA) is 56.7 Å². The van der Waals surface area contributed by atoms with Crippen LogP contribution in [-0.2, 0) is 12.0 Å². The van der Waals surface area contributed by atoms with Gasteiger partial charge in [0.1, 0.15) is 10.0 Å². The lowest BCUT2D eigenvalue weighted by atomic mass is 9.93. The molecular weight excluding hydrogens is 256 g/mol. The van der Waals surface area contributed by atoms with Crippen LogP contribution in [0.5, 0.6) is 0 Å². The quantitative estimate of drug-likeness (QED) is 0.913. The van der Waals surface area contributed by atoms with Crippen molar-refractivity contribution in [3.8, 4) is 0 Å². The van der Waals surface area contributed by atoms with Crippen LogP contribution in [0.4, 0.5) is 5.82 Å². The highest BCUT2D eigenvalue weighted by molar-refractivity contribution is 7.09. The summed E-state index contributed by atoms with van der Waals surface area (Å²) in [5.41, 5.74) is 6.77. The first-order valence-electron chi connectivity index (χ1n) is 5.29. The van der Waals surface area contributed by atoms with Crippen LogP contribution in [0, 0.1) is 0 Å². The molecule has 0 amide bonds. The number of nitrogens with zero attached hydrogens (tertiary/aromatic N) is 3. The molecule has 0 unspecified atom stereocenters. The SMILES string of the molecule is CC(C)(C)c1csc(Cn2cc(Cl)c(N)n2)n1. The predicted molar refractivity (Wildman–Crippen MR) is 71.6 cm³/mol. The number of nitrogens with two attached hydrogens (primary N) is 1. The zero-order valence-corrected chi connectivity index (χ0v) is 11.6. The molecule has 0 spiro atoms. The van der Waals surface area contributed by atoms with Gasteiger partial charge in [0.2, 0.25) is 0 Å². The molecule has 0 fully saturated rings. The lowest BCUT2D eigenvalue weighted by Gasteiger charge is -2.14. The summed E-state index contributed by atoms with van der Waals surface area (Å²) in [5, 5.41) is 7.69. The maximum atomic E-state index is 5.85. The third-order valence-electron chi connectivity index (χ3n) is 2.36. The Balaban J connectivity index is 2.17. The molecule has 0 aliphatic carbocycles. The summed E-state index contributed by atoms with van der Waals surface area (Å²) in [6, 6.07) is 0. The highest BCUT2D eigenvalue weighted by Crippen LogP contribution is 2.24. The highest BCUT2D eigenvalue weighted by Gasteiger charge is 2.17. The molecule has 92 valence electrons. The zero-order chi connectivity index (χ0) is 12.6. The second-order valence-electron chi connectivity index (χ2n) is 4.94. The first-order valence-corrected chi connectivity index (χ1v) is 6.55. The van der Waals surface area contributed by atoms with Crippen molar-refractivity contribution in [3.05, 3.63) is 27.3 Å². The van der Waals surface area contributed by atoms with E-state index in [2.05, 4.69) is 36.2 Å². The van der Waals surface area contributed by atoms with Gasteiger partial charge in [-0.3, -0.25) is 4.68 Å². The Hall–Kier alpha value is -1.07. The molecule has 2 aromatic heterocycles. The number of hydrogen-bond donors (Lipinski definition) is 1. The van der Waals surface area contributed by atoms with Gasteiger partial charge in [0.15, 0.2) is 5.82 Å². The van der Waals surface area contributed by atoms with Crippen LogP contribution in [0.15, 0.2) is 11.6 Å². The molecule has 6 heteroatoms. The van der Waals surface area contributed by atoms with Gasteiger partial charge in [-0.15, -0.1) is 11.3 Å². The van der Waals surface area contributed by atoms with Crippen molar-refractivity contribution < 1.29 is 0 Å². The maximum Gasteiger partial charge on any atom is 0.164 e. The van der Waals surface area contributed by atoms with Gasteiger partial charge in [-0.2, -0.15) is 5.10 Å². The van der Waals surface area contributed by atoms with Crippen LogP contribution in [0.3, 0.4) is 0 Å². The Bertz CT molecular complexity index is 504. The number of rotatable bonds is 2. The van der Waals surface area contributed by atoms with Crippen LogP contribution in [0.1, 0.15) is 31.5 Å². The minimum absolute atomic E-state index is 0.0789. The number of thiazole rings is 1. The average Bonchev–Trinajstić information content (AvgIpc) is 2.75. The van der Waals surface area contributed by atoms with Gasteiger partial charge in [0.05, 0.1) is 12.2 Å². The molecular formula is C11H15ClN4S. The maximum absolute atomic E-state index is 5.85. The Kier molecular flexibility index (Phi) is 3.14. The molecule has 0 bridgehead atoms. The van der Waals surface area contributed by atoms with Gasteiger partial charge in [-0.1, -0.05) is 32.4 Å². The van der Waals surface area contributed by atoms with E-state index in [-0.39, 0.29) is 5.41 Å². The second kappa shape index (κ2) is 4.31. The van der Waals surface area contributed by atoms with E-state index in [1.807, 2.05) is 0 Å². The van der Waals surface area contributed by atoms with Crippen molar-refractivity contribution >= 4 is 28.8 Å². The molecule has 2 rings (SSSR count). The Morgan fingerprint density at radius 3 is 2.65 bits per heavy atom. The number of nitrogen functional groups attached to an aromatic ring is 1. The van der Waals surface area contributed by atoms with Crippen molar-refractivity contribution in [2.75, 3.05) is 5.73 Å². The summed E-state index contributed by atoms with van der Waals surface area (Å²) >= 11 is 7.48. The average molecular weight is 271 g/mol. The molecule has 2 N–H and O–H groups in total. The third kappa shape index (κ3) is 2.79. The van der Waals surface area contributed by atoms with Crippen LogP contribution < -0.4 is 5.73 Å². The smallest absolute Gasteiger partial charge is 0.164 e. The minimum Gasteiger partial charge on any atom is -0.381 e. The van der Waals surface area contributed by atoms with E-state index in [0.29, 0.717) is 17.4 Å². The van der Waals surface area contributed by atoms with E-state index in [1.165, 1.54) is 0 Å². The number of aromatic nitrogens is 3. The molecule has 0 aromatic carbocycles. The second-order valence-corrected chi connectivity index (χ2v) is 6.29. The standard InChI is InChI=1S/C11H15ClN4S/c1-11(2,3)8-6-17-9(14-8)5-16-4-7(12)10(13)15-16/h4,6H,5H2,1-3H3,(H2,13,15). The van der Waals surface area contributed by atoms with Crippen LogP contribution in [-0.4, -0.2) is 14.8 Å². The van der Waals surface area contributed by atoms with Gasteiger partial charge in [-0.05, 0) is 0 Å². The van der Waals surface area contributed by atoms with Gasteiger partial charge < -0.3 is 5.73 Å². The van der Waals surface area contributed by atoms with Gasteiger partial charge in [0.25, 0.3) is 0 Å². The van der Waals surface area contributed by atoms with Crippen LogP contribution >= 0.6 is 22.9 Å². The Labute approximate surface area is 109 Å². The molecule has 0 saturated carbocycles. The summed E-state index contributed by atoms with van der Waals surface area (Å²) in [6.45, 7) is 7.05. The monoisotopic (exact) mass is 270 g/mol. The van der Waals surface area contributed by atoms with E-state index in [0.717, 1.165) is 10.7 Å². The molecule has 0 aliphatic heterocycles. The molecule has 17 heavy (non-hydrogen) atoms. The number of hydrogen-bond acceptors (Lipinski definition) is 4. The normalized spacial score (nSPS) is 12.0. The molecule has 0 radical (unpaired) electrons. The van der Waals surface area contributed by atoms with Gasteiger partial charge in [0, 0.05) is 17.0 Å². The summed E-state index contributed by atoms with van der Waals surface area (Å²) in [4.78, 5) is 4.59. The Morgan fingerprint density at radius 1 is 1.47 bits per heavy atom. The first kappa shape index (κ1) is 12.4. The predicted octanol–water partition coefficient (Wildman–Crippen LogP) is 2.92. The fourth-order valence-electron chi connectivity index (χ4n) is 1.36. The van der Waals surface area contributed by atoms with E-state index in [4.69, 9.17) is 17.3 Å². The summed E-state index contributed by atoms with van der Waals surface area (Å²) < 4.78 is 1.71. The van der Waals surface area contributed by atoms with Crippen LogP contribution in [0.2, 0.25) is 5.02 Å². The van der Waals surface area contributed by atoms with Crippen molar-refractivity contribution in [2.45, 2.75) is 32.7 Å². The minimum atomic E-state index is 0.0789. The lowest BCUT2D eigenvalue weighted by Crippen LogP contribution is -2.12. The molecule has 0 atom stereocenters. The van der Waals surface area contributed by atoms with Gasteiger partial charge >= 0.3 is 0 Å². The molecule has 4 nitrogen and oxygen atoms in total. The van der Waals surface area contributed by atoms with Crippen molar-refractivity contribution in [3.63, 3.8) is 0 Å². The van der Waals surface area contributed by atoms with E-state index in [1.54, 1.807) is 22.2 Å². The number of halogens is 1. The Morgan fingerprint density at radius 2 is 2.18 bits per heavy atom. The van der Waals surface area contributed by atoms with Crippen molar-refractivity contribution in [1.82, 2.24) is 14.8 Å². The van der Waals surface area contributed by atoms with Crippen molar-refractivity contribution in [2.24, 2.45) is 0 Å². The summed E-state index contributed by atoms with van der Waals surface area (Å²) in [5.74, 6) is 0.360. The van der Waals surface area contributed by atoms with E-state index >= 15 is 0 Å². The largest absolute Gasteiger partial charge is 0.381 e. The lowest BCUT2D eigenvalue weighted by molar-refractivity contribution is 0.568. The van der Waals surface area contributed by atoms with Crippen LogP contribution in [0.25, 0.3) is 0 Å². The molecule has 2 heterocycles. The molecule has 0 aliphatic rings. The van der Waals surface area contributed by atoms with E-state index < -0.39 is 0 Å². The van der Waals surface area contributed by atoms with E-state index in [9.17, 15) is 0 Å². The first-order chi connectivity index (χ1) is 7.86. The fraction of sp³-hybridized carbons (Fsp3) is 0.455. The third-order valence-corrected chi connectivity index (χ3v) is 3.49. The highest BCUT2D eigenvalue weighted by atomic mass is 35.5. The summed E-state index contributed by atoms with van der Waals surface area (Å²) in [6.07, 6.45) is 1.72. The van der Waals surface area contributed by atoms with Gasteiger partial charge in [-0.25, -0.2) is 4.98 Å². The summed E-state index contributed by atoms with van der Waals surface area (Å²) in [7, 11) is 0.